The summed E-state index contributed by atoms with van der Waals surface area (Å²) in [6, 6.07) is 4.08. The maximum atomic E-state index is 5.33. The summed E-state index contributed by atoms with van der Waals surface area (Å²) in [5.74, 6) is 1.68. The van der Waals surface area contributed by atoms with E-state index >= 15 is 0 Å². The fourth-order valence-corrected chi connectivity index (χ4v) is 2.72. The highest BCUT2D eigenvalue weighted by Crippen LogP contribution is 2.26. The molecule has 3 aromatic rings. The lowest BCUT2D eigenvalue weighted by molar-refractivity contribution is 0.574. The molecule has 0 saturated heterocycles. The highest BCUT2D eigenvalue weighted by atomic mass is 127. The van der Waals surface area contributed by atoms with E-state index < -0.39 is 0 Å². The Kier molecular flexibility index (Phi) is 3.07. The molecule has 0 fully saturated rings. The lowest BCUT2D eigenvalue weighted by Gasteiger charge is -1.98. The lowest BCUT2D eigenvalue weighted by atomic mass is 10.2. The number of hydrogen-bond donors (Lipinski definition) is 1. The van der Waals surface area contributed by atoms with E-state index in [9.17, 15) is 0 Å². The Balaban J connectivity index is 2.14. The molecule has 0 atom stereocenters. The minimum atomic E-state index is 0.640. The van der Waals surface area contributed by atoms with Gasteiger partial charge in [0.25, 0.3) is 0 Å². The van der Waals surface area contributed by atoms with Crippen LogP contribution >= 0.6 is 22.6 Å². The molecule has 4 nitrogen and oxygen atoms in total. The zero-order valence-corrected chi connectivity index (χ0v) is 12.1. The van der Waals surface area contributed by atoms with E-state index in [4.69, 9.17) is 4.42 Å². The number of benzene rings is 1. The normalized spacial score (nSPS) is 11.2. The molecular formula is C13H12IN3O. The first-order valence-corrected chi connectivity index (χ1v) is 6.94. The Morgan fingerprint density at radius 2 is 2.28 bits per heavy atom. The molecule has 18 heavy (non-hydrogen) atoms. The van der Waals surface area contributed by atoms with Crippen LogP contribution in [0.4, 0.5) is 0 Å². The number of imidazole rings is 1. The van der Waals surface area contributed by atoms with E-state index in [0.29, 0.717) is 5.89 Å². The molecule has 0 unspecified atom stereocenters. The predicted molar refractivity (Wildman–Crippen MR) is 78.3 cm³/mol. The summed E-state index contributed by atoms with van der Waals surface area (Å²) in [6.07, 6.45) is 5.30. The third kappa shape index (κ3) is 2.03. The molecule has 0 saturated carbocycles. The summed E-state index contributed by atoms with van der Waals surface area (Å²) in [4.78, 5) is 12.1. The molecule has 0 amide bonds. The molecule has 2 heterocycles. The van der Waals surface area contributed by atoms with E-state index in [1.807, 2.05) is 12.1 Å². The largest absolute Gasteiger partial charge is 0.445 e. The number of halogens is 1. The standard InChI is InChI=1S/C13H12IN3O/c1-2-3-11-16-10-7-8(13-15-4-5-18-13)6-9(14)12(10)17-11/h4-7H,2-3H2,1H3,(H,16,17). The summed E-state index contributed by atoms with van der Waals surface area (Å²) in [7, 11) is 0. The number of nitrogens with one attached hydrogen (secondary N) is 1. The molecule has 0 aliphatic heterocycles. The average Bonchev–Trinajstić information content (AvgIpc) is 2.97. The summed E-state index contributed by atoms with van der Waals surface area (Å²) in [6.45, 7) is 2.15. The first-order chi connectivity index (χ1) is 8.78. The van der Waals surface area contributed by atoms with Gasteiger partial charge in [0.05, 0.1) is 11.7 Å². The van der Waals surface area contributed by atoms with Gasteiger partial charge in [-0.3, -0.25) is 0 Å². The number of hydrogen-bond acceptors (Lipinski definition) is 3. The number of oxazole rings is 1. The number of aromatic amines is 1. The van der Waals surface area contributed by atoms with Crippen LogP contribution in [0.1, 0.15) is 19.2 Å². The van der Waals surface area contributed by atoms with Crippen molar-refractivity contribution in [1.29, 1.82) is 0 Å². The second-order valence-electron chi connectivity index (χ2n) is 4.12. The summed E-state index contributed by atoms with van der Waals surface area (Å²) >= 11 is 2.30. The molecule has 1 N–H and O–H groups in total. The lowest BCUT2D eigenvalue weighted by Crippen LogP contribution is -1.84. The zero-order valence-electron chi connectivity index (χ0n) is 9.90. The van der Waals surface area contributed by atoms with Gasteiger partial charge in [-0.1, -0.05) is 6.92 Å². The van der Waals surface area contributed by atoms with Crippen LogP contribution < -0.4 is 0 Å². The van der Waals surface area contributed by atoms with Gasteiger partial charge in [0.1, 0.15) is 17.6 Å². The van der Waals surface area contributed by atoms with Gasteiger partial charge in [0.15, 0.2) is 0 Å². The molecule has 0 radical (unpaired) electrons. The van der Waals surface area contributed by atoms with Gasteiger partial charge < -0.3 is 9.40 Å². The van der Waals surface area contributed by atoms with E-state index in [2.05, 4.69) is 44.5 Å². The molecule has 0 bridgehead atoms. The molecule has 92 valence electrons. The molecule has 1 aromatic carbocycles. The fourth-order valence-electron chi connectivity index (χ4n) is 1.97. The third-order valence-electron chi connectivity index (χ3n) is 2.76. The monoisotopic (exact) mass is 353 g/mol. The van der Waals surface area contributed by atoms with E-state index in [1.165, 1.54) is 0 Å². The molecule has 0 aliphatic carbocycles. The Labute approximate surface area is 118 Å². The van der Waals surface area contributed by atoms with Gasteiger partial charge in [-0.15, -0.1) is 0 Å². The van der Waals surface area contributed by atoms with E-state index in [1.54, 1.807) is 12.5 Å². The molecule has 3 rings (SSSR count). The van der Waals surface area contributed by atoms with Crippen LogP contribution in [-0.4, -0.2) is 15.0 Å². The SMILES string of the molecule is CCCc1nc2c(I)cc(-c3ncco3)cc2[nH]1. The predicted octanol–water partition coefficient (Wildman–Crippen LogP) is 3.78. The molecular weight excluding hydrogens is 341 g/mol. The summed E-state index contributed by atoms with van der Waals surface area (Å²) in [5, 5.41) is 0. The van der Waals surface area contributed by atoms with Crippen molar-refractivity contribution in [2.75, 3.05) is 0 Å². The van der Waals surface area contributed by atoms with Crippen molar-refractivity contribution in [2.24, 2.45) is 0 Å². The van der Waals surface area contributed by atoms with Gasteiger partial charge in [-0.05, 0) is 41.1 Å². The van der Waals surface area contributed by atoms with Crippen LogP contribution in [0.15, 0.2) is 29.0 Å². The van der Waals surface area contributed by atoms with Crippen LogP contribution in [0.2, 0.25) is 0 Å². The van der Waals surface area contributed by atoms with Crippen molar-refractivity contribution in [3.63, 3.8) is 0 Å². The molecule has 2 aromatic heterocycles. The smallest absolute Gasteiger partial charge is 0.225 e. The quantitative estimate of drug-likeness (QED) is 0.730. The molecule has 0 spiro atoms. The number of aryl methyl sites for hydroxylation is 1. The number of aromatic nitrogens is 3. The Hall–Kier alpha value is -1.37. The maximum Gasteiger partial charge on any atom is 0.225 e. The van der Waals surface area contributed by atoms with Gasteiger partial charge in [-0.2, -0.15) is 0 Å². The number of nitrogens with zero attached hydrogens (tertiary/aromatic N) is 2. The van der Waals surface area contributed by atoms with Gasteiger partial charge in [-0.25, -0.2) is 9.97 Å². The number of rotatable bonds is 3. The van der Waals surface area contributed by atoms with E-state index in [0.717, 1.165) is 38.8 Å². The highest BCUT2D eigenvalue weighted by molar-refractivity contribution is 14.1. The van der Waals surface area contributed by atoms with E-state index in [-0.39, 0.29) is 0 Å². The van der Waals surface area contributed by atoms with Crippen molar-refractivity contribution in [3.8, 4) is 11.5 Å². The average molecular weight is 353 g/mol. The van der Waals surface area contributed by atoms with Crippen LogP contribution in [0.5, 0.6) is 0 Å². The van der Waals surface area contributed by atoms with Crippen molar-refractivity contribution in [1.82, 2.24) is 15.0 Å². The number of H-pyrrole nitrogens is 1. The van der Waals surface area contributed by atoms with Crippen LogP contribution in [0.3, 0.4) is 0 Å². The second-order valence-corrected chi connectivity index (χ2v) is 5.29. The minimum absolute atomic E-state index is 0.640. The van der Waals surface area contributed by atoms with Gasteiger partial charge in [0.2, 0.25) is 5.89 Å². The fraction of sp³-hybridized carbons (Fsp3) is 0.231. The first kappa shape index (κ1) is 11.7. The highest BCUT2D eigenvalue weighted by Gasteiger charge is 2.10. The Bertz CT molecular complexity index is 673. The van der Waals surface area contributed by atoms with Gasteiger partial charge in [0, 0.05) is 15.6 Å². The zero-order chi connectivity index (χ0) is 12.5. The first-order valence-electron chi connectivity index (χ1n) is 5.86. The summed E-state index contributed by atoms with van der Waals surface area (Å²) in [5.41, 5.74) is 3.04. The topological polar surface area (TPSA) is 54.7 Å². The Morgan fingerprint density at radius 3 is 3.00 bits per heavy atom. The van der Waals surface area contributed by atoms with Crippen LogP contribution in [0, 0.1) is 3.57 Å². The summed E-state index contributed by atoms with van der Waals surface area (Å²) < 4.78 is 6.44. The molecule has 5 heteroatoms. The van der Waals surface area contributed by atoms with Crippen molar-refractivity contribution < 1.29 is 4.42 Å². The van der Waals surface area contributed by atoms with Crippen LogP contribution in [-0.2, 0) is 6.42 Å². The number of fused-ring (bicyclic) bond motifs is 1. The molecule has 0 aliphatic rings. The van der Waals surface area contributed by atoms with Crippen molar-refractivity contribution in [2.45, 2.75) is 19.8 Å². The minimum Gasteiger partial charge on any atom is -0.445 e. The van der Waals surface area contributed by atoms with Gasteiger partial charge >= 0.3 is 0 Å². The van der Waals surface area contributed by atoms with Crippen LogP contribution in [0.25, 0.3) is 22.5 Å². The second kappa shape index (κ2) is 4.72. The third-order valence-corrected chi connectivity index (χ3v) is 3.58. The van der Waals surface area contributed by atoms with Crippen molar-refractivity contribution >= 4 is 33.6 Å². The Morgan fingerprint density at radius 1 is 1.39 bits per heavy atom. The van der Waals surface area contributed by atoms with Crippen molar-refractivity contribution in [3.05, 3.63) is 34.0 Å². The maximum absolute atomic E-state index is 5.33.